The lowest BCUT2D eigenvalue weighted by atomic mass is 9.89. The van der Waals surface area contributed by atoms with Gasteiger partial charge in [0.05, 0.1) is 11.0 Å². The van der Waals surface area contributed by atoms with Crippen LogP contribution in [0.3, 0.4) is 0 Å². The van der Waals surface area contributed by atoms with Crippen molar-refractivity contribution in [1.29, 1.82) is 0 Å². The normalized spacial score (nSPS) is 28.0. The molecule has 16 heavy (non-hydrogen) atoms. The number of hydrogen-bond donors (Lipinski definition) is 1. The summed E-state index contributed by atoms with van der Waals surface area (Å²) in [6.07, 6.45) is 2.12. The molecule has 0 spiro atoms. The van der Waals surface area contributed by atoms with Gasteiger partial charge in [-0.15, -0.1) is 0 Å². The molecule has 0 saturated carbocycles. The van der Waals surface area contributed by atoms with E-state index in [0.717, 1.165) is 25.9 Å². The monoisotopic (exact) mass is 229 g/mol. The number of carbonyl (C=O) groups is 1. The molecule has 0 aromatic heterocycles. The lowest BCUT2D eigenvalue weighted by molar-refractivity contribution is -0.149. The van der Waals surface area contributed by atoms with E-state index in [0.29, 0.717) is 6.54 Å². The minimum absolute atomic E-state index is 0.118. The molecular weight excluding hydrogens is 206 g/mol. The molecule has 0 amide bonds. The topological polar surface area (TPSA) is 49.8 Å². The third-order valence-corrected chi connectivity index (χ3v) is 3.43. The Bertz CT molecular complexity index is 265. The number of rotatable bonds is 4. The fraction of sp³-hybridized carbons (Fsp3) is 0.917. The van der Waals surface area contributed by atoms with E-state index in [1.54, 1.807) is 21.0 Å². The molecule has 0 bridgehead atoms. The number of methoxy groups -OCH3 is 1. The molecular formula is C12H23NO3. The Hall–Kier alpha value is -0.610. The van der Waals surface area contributed by atoms with Gasteiger partial charge in [0, 0.05) is 20.2 Å². The number of carboxylic acids is 1. The Morgan fingerprint density at radius 3 is 2.69 bits per heavy atom. The van der Waals surface area contributed by atoms with E-state index in [9.17, 15) is 4.79 Å². The summed E-state index contributed by atoms with van der Waals surface area (Å²) in [4.78, 5) is 13.3. The summed E-state index contributed by atoms with van der Waals surface area (Å²) < 4.78 is 5.49. The fourth-order valence-corrected chi connectivity index (χ4v) is 2.24. The second kappa shape index (κ2) is 4.72. The van der Waals surface area contributed by atoms with E-state index in [-0.39, 0.29) is 5.60 Å². The average molecular weight is 229 g/mol. The SMILES string of the molecule is COC1(C)CCCN(CC(C)(C)C(=O)O)C1. The predicted octanol–water partition coefficient (Wildman–Crippen LogP) is 1.60. The predicted molar refractivity (Wildman–Crippen MR) is 62.5 cm³/mol. The van der Waals surface area contributed by atoms with Crippen LogP contribution in [0.15, 0.2) is 0 Å². The first-order valence-corrected chi connectivity index (χ1v) is 5.80. The first-order chi connectivity index (χ1) is 7.29. The zero-order valence-electron chi connectivity index (χ0n) is 10.7. The van der Waals surface area contributed by atoms with Crippen LogP contribution in [0, 0.1) is 5.41 Å². The largest absolute Gasteiger partial charge is 0.481 e. The lowest BCUT2D eigenvalue weighted by Crippen LogP contribution is -2.51. The second-order valence-corrected chi connectivity index (χ2v) is 5.66. The van der Waals surface area contributed by atoms with Crippen molar-refractivity contribution in [1.82, 2.24) is 4.90 Å². The van der Waals surface area contributed by atoms with E-state index >= 15 is 0 Å². The van der Waals surface area contributed by atoms with Gasteiger partial charge in [0.15, 0.2) is 0 Å². The zero-order valence-corrected chi connectivity index (χ0v) is 10.7. The van der Waals surface area contributed by atoms with E-state index < -0.39 is 11.4 Å². The van der Waals surface area contributed by atoms with Crippen molar-refractivity contribution in [2.24, 2.45) is 5.41 Å². The van der Waals surface area contributed by atoms with Crippen LogP contribution >= 0.6 is 0 Å². The molecule has 0 radical (unpaired) electrons. The number of hydrogen-bond acceptors (Lipinski definition) is 3. The smallest absolute Gasteiger partial charge is 0.310 e. The van der Waals surface area contributed by atoms with Crippen molar-refractivity contribution in [3.05, 3.63) is 0 Å². The highest BCUT2D eigenvalue weighted by Gasteiger charge is 2.35. The molecule has 1 rings (SSSR count). The Morgan fingerprint density at radius 1 is 1.56 bits per heavy atom. The standard InChI is InChI=1S/C12H23NO3/c1-11(2,10(14)15)8-13-7-5-6-12(3,9-13)16-4/h5-9H2,1-4H3,(H,14,15). The molecule has 4 heteroatoms. The Kier molecular flexibility index (Phi) is 3.97. The maximum absolute atomic E-state index is 11.1. The first-order valence-electron chi connectivity index (χ1n) is 5.80. The molecule has 1 fully saturated rings. The summed E-state index contributed by atoms with van der Waals surface area (Å²) in [5.74, 6) is -0.739. The molecule has 1 atom stereocenters. The van der Waals surface area contributed by atoms with Crippen molar-refractivity contribution in [3.8, 4) is 0 Å². The third-order valence-electron chi connectivity index (χ3n) is 3.43. The van der Waals surface area contributed by atoms with Gasteiger partial charge < -0.3 is 9.84 Å². The highest BCUT2D eigenvalue weighted by Crippen LogP contribution is 2.27. The summed E-state index contributed by atoms with van der Waals surface area (Å²) in [7, 11) is 1.73. The highest BCUT2D eigenvalue weighted by molar-refractivity contribution is 5.73. The van der Waals surface area contributed by atoms with Gasteiger partial charge in [0.2, 0.25) is 0 Å². The molecule has 1 heterocycles. The summed E-state index contributed by atoms with van der Waals surface area (Å²) in [5.41, 5.74) is -0.807. The number of carboxylic acid groups (broad SMARTS) is 1. The van der Waals surface area contributed by atoms with Crippen LogP contribution < -0.4 is 0 Å². The van der Waals surface area contributed by atoms with E-state index in [1.807, 2.05) is 0 Å². The van der Waals surface area contributed by atoms with Crippen LogP contribution in [0.5, 0.6) is 0 Å². The quantitative estimate of drug-likeness (QED) is 0.795. The highest BCUT2D eigenvalue weighted by atomic mass is 16.5. The molecule has 1 aliphatic heterocycles. The Labute approximate surface area is 97.6 Å². The van der Waals surface area contributed by atoms with Crippen LogP contribution in [-0.4, -0.2) is 48.3 Å². The van der Waals surface area contributed by atoms with Crippen LogP contribution in [0.25, 0.3) is 0 Å². The van der Waals surface area contributed by atoms with Gasteiger partial charge in [-0.2, -0.15) is 0 Å². The van der Waals surface area contributed by atoms with Crippen molar-refractivity contribution in [3.63, 3.8) is 0 Å². The Balaban J connectivity index is 2.59. The molecule has 0 aromatic carbocycles. The van der Waals surface area contributed by atoms with E-state index in [4.69, 9.17) is 9.84 Å². The van der Waals surface area contributed by atoms with Crippen LogP contribution in [0.2, 0.25) is 0 Å². The summed E-state index contributed by atoms with van der Waals surface area (Å²) >= 11 is 0. The summed E-state index contributed by atoms with van der Waals surface area (Å²) in [6, 6.07) is 0. The molecule has 0 aromatic rings. The number of nitrogens with zero attached hydrogens (tertiary/aromatic N) is 1. The van der Waals surface area contributed by atoms with Gasteiger partial charge >= 0.3 is 5.97 Å². The van der Waals surface area contributed by atoms with Crippen LogP contribution in [-0.2, 0) is 9.53 Å². The first kappa shape index (κ1) is 13.5. The molecule has 1 saturated heterocycles. The lowest BCUT2D eigenvalue weighted by Gasteiger charge is -2.41. The molecule has 1 aliphatic rings. The van der Waals surface area contributed by atoms with Gasteiger partial charge in [-0.3, -0.25) is 9.69 Å². The minimum Gasteiger partial charge on any atom is -0.481 e. The van der Waals surface area contributed by atoms with E-state index in [1.165, 1.54) is 0 Å². The number of likely N-dealkylation sites (tertiary alicyclic amines) is 1. The molecule has 94 valence electrons. The van der Waals surface area contributed by atoms with Crippen molar-refractivity contribution >= 4 is 5.97 Å². The number of aliphatic carboxylic acids is 1. The van der Waals surface area contributed by atoms with Crippen molar-refractivity contribution < 1.29 is 14.6 Å². The van der Waals surface area contributed by atoms with Gasteiger partial charge in [0.25, 0.3) is 0 Å². The summed E-state index contributed by atoms with van der Waals surface area (Å²) in [6.45, 7) is 8.01. The summed E-state index contributed by atoms with van der Waals surface area (Å²) in [5, 5.41) is 9.10. The van der Waals surface area contributed by atoms with Gasteiger partial charge in [-0.25, -0.2) is 0 Å². The molecule has 4 nitrogen and oxygen atoms in total. The third kappa shape index (κ3) is 3.19. The second-order valence-electron chi connectivity index (χ2n) is 5.66. The minimum atomic E-state index is -0.739. The number of ether oxygens (including phenoxy) is 1. The average Bonchev–Trinajstić information content (AvgIpc) is 2.17. The fourth-order valence-electron chi connectivity index (χ4n) is 2.24. The zero-order chi connectivity index (χ0) is 12.4. The van der Waals surface area contributed by atoms with Crippen LogP contribution in [0.4, 0.5) is 0 Å². The van der Waals surface area contributed by atoms with Gasteiger partial charge in [-0.05, 0) is 40.2 Å². The molecule has 1 N–H and O–H groups in total. The van der Waals surface area contributed by atoms with Crippen molar-refractivity contribution in [2.45, 2.75) is 39.2 Å². The van der Waals surface area contributed by atoms with Gasteiger partial charge in [0.1, 0.15) is 0 Å². The number of piperidine rings is 1. The molecule has 0 aliphatic carbocycles. The van der Waals surface area contributed by atoms with Gasteiger partial charge in [-0.1, -0.05) is 0 Å². The maximum Gasteiger partial charge on any atom is 0.310 e. The molecule has 1 unspecified atom stereocenters. The Morgan fingerprint density at radius 2 is 2.19 bits per heavy atom. The van der Waals surface area contributed by atoms with E-state index in [2.05, 4.69) is 11.8 Å². The van der Waals surface area contributed by atoms with Crippen LogP contribution in [0.1, 0.15) is 33.6 Å². The maximum atomic E-state index is 11.1. The van der Waals surface area contributed by atoms with Crippen molar-refractivity contribution in [2.75, 3.05) is 26.7 Å².